The third-order valence-electron chi connectivity index (χ3n) is 2.94. The summed E-state index contributed by atoms with van der Waals surface area (Å²) in [7, 11) is 0. The molecule has 0 aliphatic carbocycles. The molecule has 1 aliphatic rings. The van der Waals surface area contributed by atoms with Crippen molar-refractivity contribution >= 4 is 0 Å². The van der Waals surface area contributed by atoms with Crippen molar-refractivity contribution in [3.8, 4) is 5.75 Å². The van der Waals surface area contributed by atoms with Crippen LogP contribution in [0.25, 0.3) is 0 Å². The number of nitrogens with one attached hydrogen (secondary N) is 1. The first-order chi connectivity index (χ1) is 8.38. The molecule has 1 aromatic rings. The Morgan fingerprint density at radius 1 is 1.47 bits per heavy atom. The van der Waals surface area contributed by atoms with Gasteiger partial charge in [0.15, 0.2) is 0 Å². The van der Waals surface area contributed by atoms with Crippen LogP contribution in [0.3, 0.4) is 0 Å². The van der Waals surface area contributed by atoms with Gasteiger partial charge in [-0.25, -0.2) is 0 Å². The highest BCUT2D eigenvalue weighted by Gasteiger charge is 2.15. The SMILES string of the molecule is CCNCc1cccc(OCC2CCCO2)c1. The fourth-order valence-electron chi connectivity index (χ4n) is 1.98. The lowest BCUT2D eigenvalue weighted by Crippen LogP contribution is -2.16. The van der Waals surface area contributed by atoms with Gasteiger partial charge in [0.2, 0.25) is 0 Å². The highest BCUT2D eigenvalue weighted by molar-refractivity contribution is 5.28. The molecule has 3 heteroatoms. The van der Waals surface area contributed by atoms with E-state index in [1.165, 1.54) is 5.56 Å². The summed E-state index contributed by atoms with van der Waals surface area (Å²) in [5.41, 5.74) is 1.26. The summed E-state index contributed by atoms with van der Waals surface area (Å²) < 4.78 is 11.3. The molecule has 1 N–H and O–H groups in total. The van der Waals surface area contributed by atoms with E-state index in [0.717, 1.165) is 38.3 Å². The first-order valence-corrected chi connectivity index (χ1v) is 6.42. The van der Waals surface area contributed by atoms with E-state index < -0.39 is 0 Å². The second-order valence-electron chi connectivity index (χ2n) is 4.37. The first kappa shape index (κ1) is 12.4. The lowest BCUT2D eigenvalue weighted by molar-refractivity contribution is 0.0679. The van der Waals surface area contributed by atoms with Crippen molar-refractivity contribution in [2.24, 2.45) is 0 Å². The Balaban J connectivity index is 1.82. The molecule has 1 fully saturated rings. The van der Waals surface area contributed by atoms with Gasteiger partial charge >= 0.3 is 0 Å². The van der Waals surface area contributed by atoms with E-state index in [-0.39, 0.29) is 6.10 Å². The average Bonchev–Trinajstić information content (AvgIpc) is 2.87. The molecule has 0 radical (unpaired) electrons. The molecule has 94 valence electrons. The number of benzene rings is 1. The summed E-state index contributed by atoms with van der Waals surface area (Å²) in [5.74, 6) is 0.941. The normalized spacial score (nSPS) is 19.5. The molecule has 1 unspecified atom stereocenters. The Labute approximate surface area is 103 Å². The summed E-state index contributed by atoms with van der Waals surface area (Å²) >= 11 is 0. The second-order valence-corrected chi connectivity index (χ2v) is 4.37. The predicted molar refractivity (Wildman–Crippen MR) is 68.3 cm³/mol. The minimum Gasteiger partial charge on any atom is -0.491 e. The number of rotatable bonds is 6. The lowest BCUT2D eigenvalue weighted by Gasteiger charge is -2.12. The molecule has 1 aromatic carbocycles. The molecule has 1 heterocycles. The quantitative estimate of drug-likeness (QED) is 0.821. The molecule has 0 bridgehead atoms. The van der Waals surface area contributed by atoms with Crippen molar-refractivity contribution in [1.82, 2.24) is 5.32 Å². The molecule has 0 aromatic heterocycles. The maximum atomic E-state index is 5.76. The maximum absolute atomic E-state index is 5.76. The molecule has 1 saturated heterocycles. The number of hydrogen-bond donors (Lipinski definition) is 1. The van der Waals surface area contributed by atoms with Crippen molar-refractivity contribution in [2.45, 2.75) is 32.4 Å². The van der Waals surface area contributed by atoms with Gasteiger partial charge < -0.3 is 14.8 Å². The van der Waals surface area contributed by atoms with E-state index in [0.29, 0.717) is 6.61 Å². The molecule has 2 rings (SSSR count). The first-order valence-electron chi connectivity index (χ1n) is 6.42. The Morgan fingerprint density at radius 3 is 3.18 bits per heavy atom. The summed E-state index contributed by atoms with van der Waals surface area (Å²) in [5, 5.41) is 3.31. The molecule has 1 aliphatic heterocycles. The van der Waals surface area contributed by atoms with Gasteiger partial charge in [0, 0.05) is 13.2 Å². The van der Waals surface area contributed by atoms with Crippen LogP contribution >= 0.6 is 0 Å². The highest BCUT2D eigenvalue weighted by Crippen LogP contribution is 2.17. The van der Waals surface area contributed by atoms with Crippen molar-refractivity contribution in [3.63, 3.8) is 0 Å². The summed E-state index contributed by atoms with van der Waals surface area (Å²) in [6.07, 6.45) is 2.57. The summed E-state index contributed by atoms with van der Waals surface area (Å²) in [4.78, 5) is 0. The standard InChI is InChI=1S/C14H21NO2/c1-2-15-10-12-5-3-6-13(9-12)17-11-14-7-4-8-16-14/h3,5-6,9,14-15H,2,4,7-8,10-11H2,1H3. The van der Waals surface area contributed by atoms with Crippen LogP contribution in [0.4, 0.5) is 0 Å². The van der Waals surface area contributed by atoms with E-state index >= 15 is 0 Å². The van der Waals surface area contributed by atoms with Crippen molar-refractivity contribution in [2.75, 3.05) is 19.8 Å². The second kappa shape index (κ2) is 6.62. The zero-order valence-corrected chi connectivity index (χ0v) is 10.4. The smallest absolute Gasteiger partial charge is 0.119 e. The monoisotopic (exact) mass is 235 g/mol. The molecule has 3 nitrogen and oxygen atoms in total. The maximum Gasteiger partial charge on any atom is 0.119 e. The van der Waals surface area contributed by atoms with Crippen LogP contribution in [0.15, 0.2) is 24.3 Å². The Hall–Kier alpha value is -1.06. The van der Waals surface area contributed by atoms with Gasteiger partial charge in [0.05, 0.1) is 6.10 Å². The van der Waals surface area contributed by atoms with E-state index in [1.54, 1.807) is 0 Å². The zero-order valence-electron chi connectivity index (χ0n) is 10.4. The minimum atomic E-state index is 0.285. The van der Waals surface area contributed by atoms with Gasteiger partial charge in [-0.1, -0.05) is 19.1 Å². The van der Waals surface area contributed by atoms with E-state index in [9.17, 15) is 0 Å². The molecule has 0 saturated carbocycles. The lowest BCUT2D eigenvalue weighted by atomic mass is 10.2. The molecule has 0 spiro atoms. The molecule has 1 atom stereocenters. The van der Waals surface area contributed by atoms with E-state index in [4.69, 9.17) is 9.47 Å². The molecule has 17 heavy (non-hydrogen) atoms. The van der Waals surface area contributed by atoms with E-state index in [2.05, 4.69) is 24.4 Å². The van der Waals surface area contributed by atoms with Crippen LogP contribution in [0, 0.1) is 0 Å². The van der Waals surface area contributed by atoms with Gasteiger partial charge in [-0.3, -0.25) is 0 Å². The predicted octanol–water partition coefficient (Wildman–Crippen LogP) is 2.35. The van der Waals surface area contributed by atoms with Crippen molar-refractivity contribution in [3.05, 3.63) is 29.8 Å². The van der Waals surface area contributed by atoms with Crippen LogP contribution in [0.2, 0.25) is 0 Å². The molecule has 0 amide bonds. The fraction of sp³-hybridized carbons (Fsp3) is 0.571. The number of hydrogen-bond acceptors (Lipinski definition) is 3. The van der Waals surface area contributed by atoms with Crippen molar-refractivity contribution in [1.29, 1.82) is 0 Å². The third-order valence-corrected chi connectivity index (χ3v) is 2.94. The Kier molecular flexibility index (Phi) is 4.83. The molecular formula is C14H21NO2. The van der Waals surface area contributed by atoms with Crippen LogP contribution in [0.5, 0.6) is 5.75 Å². The molecular weight excluding hydrogens is 214 g/mol. The summed E-state index contributed by atoms with van der Waals surface area (Å²) in [6.45, 7) is 5.55. The van der Waals surface area contributed by atoms with Crippen molar-refractivity contribution < 1.29 is 9.47 Å². The number of ether oxygens (including phenoxy) is 2. The van der Waals surface area contributed by atoms with Crippen LogP contribution < -0.4 is 10.1 Å². The highest BCUT2D eigenvalue weighted by atomic mass is 16.5. The third kappa shape index (κ3) is 4.02. The zero-order chi connectivity index (χ0) is 11.9. The topological polar surface area (TPSA) is 30.5 Å². The largest absolute Gasteiger partial charge is 0.491 e. The van der Waals surface area contributed by atoms with Gasteiger partial charge in [0.25, 0.3) is 0 Å². The Morgan fingerprint density at radius 2 is 2.41 bits per heavy atom. The minimum absolute atomic E-state index is 0.285. The van der Waals surface area contributed by atoms with Crippen LogP contribution in [0.1, 0.15) is 25.3 Å². The van der Waals surface area contributed by atoms with Gasteiger partial charge in [0.1, 0.15) is 12.4 Å². The average molecular weight is 235 g/mol. The van der Waals surface area contributed by atoms with Gasteiger partial charge in [-0.05, 0) is 37.1 Å². The Bertz CT molecular complexity index is 335. The van der Waals surface area contributed by atoms with Crippen LogP contribution in [-0.4, -0.2) is 25.9 Å². The van der Waals surface area contributed by atoms with Gasteiger partial charge in [-0.15, -0.1) is 0 Å². The van der Waals surface area contributed by atoms with Gasteiger partial charge in [-0.2, -0.15) is 0 Å². The summed E-state index contributed by atoms with van der Waals surface area (Å²) in [6, 6.07) is 8.25. The van der Waals surface area contributed by atoms with Crippen LogP contribution in [-0.2, 0) is 11.3 Å². The fourth-order valence-corrected chi connectivity index (χ4v) is 1.98. The van der Waals surface area contributed by atoms with E-state index in [1.807, 2.05) is 12.1 Å².